The molecule has 0 bridgehead atoms. The van der Waals surface area contributed by atoms with E-state index in [0.717, 1.165) is 19.0 Å². The molecule has 3 heterocycles. The minimum Gasteiger partial charge on any atom is -0.378 e. The Morgan fingerprint density at radius 1 is 1.24 bits per heavy atom. The fraction of sp³-hybridized carbons (Fsp3) is 0.643. The third-order valence-electron chi connectivity index (χ3n) is 3.73. The second kappa shape index (κ2) is 4.84. The maximum absolute atomic E-state index is 12.7. The number of hydrogen-bond donors (Lipinski definition) is 0. The van der Waals surface area contributed by atoms with Gasteiger partial charge < -0.3 is 9.64 Å². The van der Waals surface area contributed by atoms with Crippen molar-refractivity contribution >= 4 is 11.5 Å². The molecule has 114 valence electrons. The van der Waals surface area contributed by atoms with Crippen molar-refractivity contribution in [2.24, 2.45) is 0 Å². The predicted molar refractivity (Wildman–Crippen MR) is 80.0 cm³/mol. The summed E-state index contributed by atoms with van der Waals surface area (Å²) in [7, 11) is 0. The van der Waals surface area contributed by atoms with Crippen LogP contribution in [0.25, 0.3) is 5.52 Å². The third kappa shape index (κ3) is 2.31. The average Bonchev–Trinajstić information content (AvgIpc) is 2.77. The van der Waals surface area contributed by atoms with E-state index in [0.29, 0.717) is 24.4 Å². The monoisotopic (exact) mass is 291 g/mol. The molecule has 1 fully saturated rings. The number of rotatable bonds is 1. The van der Waals surface area contributed by atoms with Crippen LogP contribution in [0.5, 0.6) is 0 Å². The minimum absolute atomic E-state index is 0.0537. The number of anilines is 1. The average molecular weight is 291 g/mol. The Kier molecular flexibility index (Phi) is 3.24. The highest BCUT2D eigenvalue weighted by atomic mass is 16.5. The molecule has 0 aliphatic carbocycles. The van der Waals surface area contributed by atoms with Crippen LogP contribution in [0.2, 0.25) is 0 Å². The van der Waals surface area contributed by atoms with Gasteiger partial charge in [-0.1, -0.05) is 0 Å². The van der Waals surface area contributed by atoms with Crippen LogP contribution >= 0.6 is 0 Å². The lowest BCUT2D eigenvalue weighted by Crippen LogP contribution is -2.38. The summed E-state index contributed by atoms with van der Waals surface area (Å²) >= 11 is 0. The Bertz CT molecular complexity index is 719. The summed E-state index contributed by atoms with van der Waals surface area (Å²) < 4.78 is 8.67. The standard InChI is InChI=1S/C14H21N5O2/c1-10-11-12(20)18(14(2,3)4)9-15-19(11)13(16-10)17-5-7-21-8-6-17/h9H,5-8H2,1-4H3. The summed E-state index contributed by atoms with van der Waals surface area (Å²) in [5.74, 6) is 0.726. The molecule has 0 amide bonds. The van der Waals surface area contributed by atoms with Gasteiger partial charge in [-0.3, -0.25) is 9.36 Å². The summed E-state index contributed by atoms with van der Waals surface area (Å²) in [5.41, 5.74) is 0.908. The van der Waals surface area contributed by atoms with Crippen LogP contribution in [0, 0.1) is 6.92 Å². The SMILES string of the molecule is Cc1nc(N2CCOCC2)n2ncn(C(C)(C)C)c(=O)c12. The number of morpholine rings is 1. The summed E-state index contributed by atoms with van der Waals surface area (Å²) in [6.45, 7) is 10.7. The summed E-state index contributed by atoms with van der Waals surface area (Å²) in [6, 6.07) is 0. The summed E-state index contributed by atoms with van der Waals surface area (Å²) in [5, 5.41) is 4.44. The highest BCUT2D eigenvalue weighted by Gasteiger charge is 2.23. The lowest BCUT2D eigenvalue weighted by Gasteiger charge is -2.27. The first-order chi connectivity index (χ1) is 9.89. The second-order valence-corrected chi connectivity index (χ2v) is 6.33. The fourth-order valence-electron chi connectivity index (χ4n) is 2.57. The number of nitrogens with zero attached hydrogens (tertiary/aromatic N) is 5. The Hall–Kier alpha value is -1.89. The van der Waals surface area contributed by atoms with E-state index in [1.807, 2.05) is 27.7 Å². The van der Waals surface area contributed by atoms with Crippen molar-refractivity contribution < 1.29 is 4.74 Å². The lowest BCUT2D eigenvalue weighted by molar-refractivity contribution is 0.122. The van der Waals surface area contributed by atoms with Crippen LogP contribution in [0.15, 0.2) is 11.1 Å². The van der Waals surface area contributed by atoms with Crippen LogP contribution in [-0.2, 0) is 10.3 Å². The van der Waals surface area contributed by atoms with Gasteiger partial charge in [0.05, 0.1) is 18.9 Å². The van der Waals surface area contributed by atoms with E-state index >= 15 is 0 Å². The molecule has 0 atom stereocenters. The smallest absolute Gasteiger partial charge is 0.280 e. The molecular weight excluding hydrogens is 270 g/mol. The Balaban J connectivity index is 2.18. The quantitative estimate of drug-likeness (QED) is 0.777. The van der Waals surface area contributed by atoms with Gasteiger partial charge in [0, 0.05) is 18.6 Å². The first-order valence-electron chi connectivity index (χ1n) is 7.20. The summed E-state index contributed by atoms with van der Waals surface area (Å²) in [4.78, 5) is 19.4. The highest BCUT2D eigenvalue weighted by molar-refractivity contribution is 5.56. The molecule has 7 heteroatoms. The molecule has 1 aliphatic rings. The molecule has 0 aromatic carbocycles. The van der Waals surface area contributed by atoms with Gasteiger partial charge >= 0.3 is 0 Å². The van der Waals surface area contributed by atoms with E-state index < -0.39 is 0 Å². The van der Waals surface area contributed by atoms with Crippen LogP contribution < -0.4 is 10.5 Å². The molecule has 0 saturated carbocycles. The molecule has 3 rings (SSSR count). The second-order valence-electron chi connectivity index (χ2n) is 6.33. The zero-order chi connectivity index (χ0) is 15.2. The molecule has 0 unspecified atom stereocenters. The molecule has 2 aromatic heterocycles. The van der Waals surface area contributed by atoms with Crippen LogP contribution in [-0.4, -0.2) is 45.5 Å². The molecule has 0 radical (unpaired) electrons. The number of imidazole rings is 1. The Morgan fingerprint density at radius 3 is 2.52 bits per heavy atom. The van der Waals surface area contributed by atoms with E-state index in [2.05, 4.69) is 15.0 Å². The van der Waals surface area contributed by atoms with Gasteiger partial charge in [0.25, 0.3) is 5.56 Å². The Labute approximate surface area is 123 Å². The van der Waals surface area contributed by atoms with Gasteiger partial charge in [0.2, 0.25) is 5.95 Å². The van der Waals surface area contributed by atoms with Crippen molar-refractivity contribution in [2.75, 3.05) is 31.2 Å². The minimum atomic E-state index is -0.304. The van der Waals surface area contributed by atoms with Crippen molar-refractivity contribution in [3.63, 3.8) is 0 Å². The van der Waals surface area contributed by atoms with Crippen molar-refractivity contribution in [1.29, 1.82) is 0 Å². The largest absolute Gasteiger partial charge is 0.378 e. The zero-order valence-corrected chi connectivity index (χ0v) is 13.0. The van der Waals surface area contributed by atoms with Gasteiger partial charge in [-0.25, -0.2) is 4.98 Å². The molecular formula is C14H21N5O2. The maximum atomic E-state index is 12.7. The van der Waals surface area contributed by atoms with Crippen molar-refractivity contribution in [1.82, 2.24) is 19.2 Å². The summed E-state index contributed by atoms with van der Waals surface area (Å²) in [6.07, 6.45) is 1.60. The molecule has 0 N–H and O–H groups in total. The normalized spacial score (nSPS) is 16.7. The van der Waals surface area contributed by atoms with Crippen molar-refractivity contribution in [3.8, 4) is 0 Å². The first kappa shape index (κ1) is 14.1. The van der Waals surface area contributed by atoms with Crippen LogP contribution in [0.1, 0.15) is 26.5 Å². The number of aryl methyl sites for hydroxylation is 1. The highest BCUT2D eigenvalue weighted by Crippen LogP contribution is 2.18. The van der Waals surface area contributed by atoms with Gasteiger partial charge in [0.15, 0.2) is 5.52 Å². The molecule has 21 heavy (non-hydrogen) atoms. The fourth-order valence-corrected chi connectivity index (χ4v) is 2.57. The van der Waals surface area contributed by atoms with Crippen LogP contribution in [0.4, 0.5) is 5.95 Å². The molecule has 0 spiro atoms. The van der Waals surface area contributed by atoms with Crippen molar-refractivity contribution in [2.45, 2.75) is 33.2 Å². The van der Waals surface area contributed by atoms with Gasteiger partial charge in [-0.2, -0.15) is 9.61 Å². The van der Waals surface area contributed by atoms with Gasteiger partial charge in [0.1, 0.15) is 6.33 Å². The maximum Gasteiger partial charge on any atom is 0.280 e. The molecule has 7 nitrogen and oxygen atoms in total. The van der Waals surface area contributed by atoms with E-state index in [4.69, 9.17) is 4.74 Å². The first-order valence-corrected chi connectivity index (χ1v) is 7.20. The van der Waals surface area contributed by atoms with Crippen molar-refractivity contribution in [3.05, 3.63) is 22.4 Å². The molecule has 1 aliphatic heterocycles. The molecule has 2 aromatic rings. The predicted octanol–water partition coefficient (Wildman–Crippen LogP) is 0.791. The van der Waals surface area contributed by atoms with Gasteiger partial charge in [-0.05, 0) is 27.7 Å². The van der Waals surface area contributed by atoms with E-state index in [1.165, 1.54) is 0 Å². The number of ether oxygens (including phenoxy) is 1. The van der Waals surface area contributed by atoms with Crippen LogP contribution in [0.3, 0.4) is 0 Å². The Morgan fingerprint density at radius 2 is 1.90 bits per heavy atom. The lowest BCUT2D eigenvalue weighted by atomic mass is 10.1. The zero-order valence-electron chi connectivity index (χ0n) is 13.0. The van der Waals surface area contributed by atoms with E-state index in [1.54, 1.807) is 15.4 Å². The van der Waals surface area contributed by atoms with Gasteiger partial charge in [-0.15, -0.1) is 0 Å². The topological polar surface area (TPSA) is 64.7 Å². The number of hydrogen-bond acceptors (Lipinski definition) is 5. The number of aromatic nitrogens is 4. The molecule has 1 saturated heterocycles. The number of fused-ring (bicyclic) bond motifs is 1. The van der Waals surface area contributed by atoms with E-state index in [9.17, 15) is 4.79 Å². The van der Waals surface area contributed by atoms with E-state index in [-0.39, 0.29) is 11.1 Å². The third-order valence-corrected chi connectivity index (χ3v) is 3.73.